The highest BCUT2D eigenvalue weighted by atomic mass is 35.5. The predicted octanol–water partition coefficient (Wildman–Crippen LogP) is 2.48. The van der Waals surface area contributed by atoms with Gasteiger partial charge in [0, 0.05) is 27.1 Å². The molecule has 0 aliphatic rings. The van der Waals surface area contributed by atoms with Crippen LogP contribution in [0.15, 0.2) is 18.2 Å². The van der Waals surface area contributed by atoms with Crippen LogP contribution in [0.5, 0.6) is 0 Å². The molecule has 2 amide bonds. The Hall–Kier alpha value is -1.95. The number of carbonyl (C=O) groups is 2. The van der Waals surface area contributed by atoms with Crippen molar-refractivity contribution in [2.45, 2.75) is 13.3 Å². The summed E-state index contributed by atoms with van der Waals surface area (Å²) in [7, 11) is 3.69. The summed E-state index contributed by atoms with van der Waals surface area (Å²) in [5.41, 5.74) is 1.37. The highest BCUT2D eigenvalue weighted by Crippen LogP contribution is 2.32. The van der Waals surface area contributed by atoms with Crippen molar-refractivity contribution in [3.05, 3.63) is 23.2 Å². The van der Waals surface area contributed by atoms with Crippen molar-refractivity contribution >= 4 is 35.0 Å². The van der Waals surface area contributed by atoms with E-state index in [4.69, 9.17) is 16.3 Å². The molecule has 2 N–H and O–H groups in total. The molecular weight excluding hydrogens is 294 g/mol. The Morgan fingerprint density at radius 2 is 2.05 bits per heavy atom. The quantitative estimate of drug-likeness (QED) is 0.846. The van der Waals surface area contributed by atoms with Gasteiger partial charge >= 0.3 is 6.09 Å². The lowest BCUT2D eigenvalue weighted by molar-refractivity contribution is -0.116. The normalized spacial score (nSPS) is 9.90. The van der Waals surface area contributed by atoms with Gasteiger partial charge in [-0.3, -0.25) is 4.79 Å². The fraction of sp³-hybridized carbons (Fsp3) is 0.429. The summed E-state index contributed by atoms with van der Waals surface area (Å²) in [6, 6.07) is 5.30. The van der Waals surface area contributed by atoms with Gasteiger partial charge in [0.2, 0.25) is 5.91 Å². The zero-order chi connectivity index (χ0) is 15.8. The number of halogens is 1. The molecule has 0 spiro atoms. The number of ether oxygens (including phenoxy) is 1. The Kier molecular flexibility index (Phi) is 6.81. The van der Waals surface area contributed by atoms with Crippen molar-refractivity contribution in [2.75, 3.05) is 37.5 Å². The van der Waals surface area contributed by atoms with E-state index >= 15 is 0 Å². The van der Waals surface area contributed by atoms with Crippen LogP contribution in [0.3, 0.4) is 0 Å². The Morgan fingerprint density at radius 3 is 2.67 bits per heavy atom. The summed E-state index contributed by atoms with van der Waals surface area (Å²) in [6.07, 6.45) is -0.375. The van der Waals surface area contributed by atoms with E-state index in [1.165, 1.54) is 0 Å². The first-order valence-electron chi connectivity index (χ1n) is 6.62. The molecule has 6 nitrogen and oxygen atoms in total. The van der Waals surface area contributed by atoms with E-state index in [0.29, 0.717) is 17.3 Å². The lowest BCUT2D eigenvalue weighted by Gasteiger charge is -2.19. The Balaban J connectivity index is 2.56. The fourth-order valence-electron chi connectivity index (χ4n) is 1.74. The molecule has 7 heteroatoms. The molecule has 116 valence electrons. The van der Waals surface area contributed by atoms with Gasteiger partial charge in [0.15, 0.2) is 0 Å². The van der Waals surface area contributed by atoms with Crippen molar-refractivity contribution in [1.82, 2.24) is 5.32 Å². The Morgan fingerprint density at radius 1 is 1.33 bits per heavy atom. The number of nitrogens with one attached hydrogen (secondary N) is 2. The summed E-state index contributed by atoms with van der Waals surface area (Å²) in [6.45, 7) is 2.23. The zero-order valence-corrected chi connectivity index (χ0v) is 13.2. The number of carbonyl (C=O) groups excluding carboxylic acids is 2. The molecule has 1 aromatic carbocycles. The molecule has 21 heavy (non-hydrogen) atoms. The van der Waals surface area contributed by atoms with E-state index in [-0.39, 0.29) is 18.9 Å². The second-order valence-electron chi connectivity index (χ2n) is 4.48. The van der Waals surface area contributed by atoms with Crippen LogP contribution in [0.4, 0.5) is 16.2 Å². The second kappa shape index (κ2) is 8.36. The van der Waals surface area contributed by atoms with Gasteiger partial charge in [0.05, 0.1) is 23.0 Å². The van der Waals surface area contributed by atoms with E-state index in [1.807, 2.05) is 19.0 Å². The zero-order valence-electron chi connectivity index (χ0n) is 12.4. The van der Waals surface area contributed by atoms with Crippen molar-refractivity contribution in [3.8, 4) is 0 Å². The third-order valence-electron chi connectivity index (χ3n) is 2.60. The topological polar surface area (TPSA) is 70.7 Å². The maximum absolute atomic E-state index is 11.9. The van der Waals surface area contributed by atoms with Crippen LogP contribution in [0.1, 0.15) is 13.3 Å². The minimum absolute atomic E-state index is 0.151. The largest absolute Gasteiger partial charge is 0.450 e. The third kappa shape index (κ3) is 5.51. The van der Waals surface area contributed by atoms with Crippen LogP contribution >= 0.6 is 11.6 Å². The molecule has 0 saturated heterocycles. The minimum Gasteiger partial charge on any atom is -0.450 e. The lowest BCUT2D eigenvalue weighted by Crippen LogP contribution is -2.28. The number of benzene rings is 1. The molecule has 0 bridgehead atoms. The molecule has 0 aliphatic carbocycles. The van der Waals surface area contributed by atoms with E-state index in [0.717, 1.165) is 5.69 Å². The predicted molar refractivity (Wildman–Crippen MR) is 84.1 cm³/mol. The maximum Gasteiger partial charge on any atom is 0.407 e. The van der Waals surface area contributed by atoms with Gasteiger partial charge in [0.25, 0.3) is 0 Å². The second-order valence-corrected chi connectivity index (χ2v) is 4.88. The van der Waals surface area contributed by atoms with Gasteiger partial charge < -0.3 is 20.3 Å². The summed E-state index contributed by atoms with van der Waals surface area (Å²) in [5, 5.41) is 5.83. The number of para-hydroxylation sites is 1. The highest BCUT2D eigenvalue weighted by Gasteiger charge is 2.12. The van der Waals surface area contributed by atoms with Crippen LogP contribution in [0, 0.1) is 0 Å². The van der Waals surface area contributed by atoms with Crippen molar-refractivity contribution in [3.63, 3.8) is 0 Å². The monoisotopic (exact) mass is 313 g/mol. The molecular formula is C14H20ClN3O3. The van der Waals surface area contributed by atoms with Gasteiger partial charge in [-0.25, -0.2) is 4.79 Å². The maximum atomic E-state index is 11.9. The SMILES string of the molecule is CCOC(=O)NCCC(=O)Nc1cccc(Cl)c1N(C)C. The van der Waals surface area contributed by atoms with E-state index in [1.54, 1.807) is 25.1 Å². The molecule has 0 fully saturated rings. The molecule has 0 aromatic heterocycles. The molecule has 0 radical (unpaired) electrons. The summed E-state index contributed by atoms with van der Waals surface area (Å²) in [5.74, 6) is -0.211. The van der Waals surface area contributed by atoms with Gasteiger partial charge in [-0.2, -0.15) is 0 Å². The molecule has 1 aromatic rings. The van der Waals surface area contributed by atoms with Gasteiger partial charge in [-0.05, 0) is 19.1 Å². The van der Waals surface area contributed by atoms with Crippen LogP contribution in [-0.2, 0) is 9.53 Å². The van der Waals surface area contributed by atoms with E-state index in [2.05, 4.69) is 10.6 Å². The lowest BCUT2D eigenvalue weighted by atomic mass is 10.2. The molecule has 0 unspecified atom stereocenters. The molecule has 0 aliphatic heterocycles. The number of alkyl carbamates (subject to hydrolysis) is 1. The number of rotatable bonds is 6. The van der Waals surface area contributed by atoms with Gasteiger partial charge in [-0.1, -0.05) is 17.7 Å². The molecule has 0 heterocycles. The minimum atomic E-state index is -0.526. The number of hydrogen-bond donors (Lipinski definition) is 2. The van der Waals surface area contributed by atoms with Crippen LogP contribution in [0.25, 0.3) is 0 Å². The van der Waals surface area contributed by atoms with Gasteiger partial charge in [0.1, 0.15) is 0 Å². The van der Waals surface area contributed by atoms with Crippen LogP contribution in [0.2, 0.25) is 5.02 Å². The number of anilines is 2. The Bertz CT molecular complexity index is 506. The summed E-state index contributed by atoms with van der Waals surface area (Å²) < 4.78 is 4.70. The molecule has 0 atom stereocenters. The first kappa shape index (κ1) is 17.1. The van der Waals surface area contributed by atoms with E-state index in [9.17, 15) is 9.59 Å². The average Bonchev–Trinajstić information content (AvgIpc) is 2.38. The van der Waals surface area contributed by atoms with Crippen molar-refractivity contribution < 1.29 is 14.3 Å². The first-order valence-corrected chi connectivity index (χ1v) is 6.99. The van der Waals surface area contributed by atoms with Crippen molar-refractivity contribution in [2.24, 2.45) is 0 Å². The van der Waals surface area contributed by atoms with Gasteiger partial charge in [-0.15, -0.1) is 0 Å². The smallest absolute Gasteiger partial charge is 0.407 e. The number of nitrogens with zero attached hydrogens (tertiary/aromatic N) is 1. The summed E-state index contributed by atoms with van der Waals surface area (Å²) >= 11 is 6.12. The third-order valence-corrected chi connectivity index (χ3v) is 2.91. The number of hydrogen-bond acceptors (Lipinski definition) is 4. The number of amides is 2. The molecule has 1 rings (SSSR count). The average molecular weight is 314 g/mol. The highest BCUT2D eigenvalue weighted by molar-refractivity contribution is 6.34. The van der Waals surface area contributed by atoms with E-state index < -0.39 is 6.09 Å². The van der Waals surface area contributed by atoms with Crippen LogP contribution in [-0.4, -0.2) is 39.2 Å². The summed E-state index contributed by atoms with van der Waals surface area (Å²) in [4.78, 5) is 24.8. The Labute approximate surface area is 129 Å². The first-order chi connectivity index (χ1) is 9.95. The molecule has 0 saturated carbocycles. The van der Waals surface area contributed by atoms with Crippen LogP contribution < -0.4 is 15.5 Å². The van der Waals surface area contributed by atoms with Crippen molar-refractivity contribution in [1.29, 1.82) is 0 Å². The fourth-order valence-corrected chi connectivity index (χ4v) is 2.09. The standard InChI is InChI=1S/C14H20ClN3O3/c1-4-21-14(20)16-9-8-12(19)17-11-7-5-6-10(15)13(11)18(2)3/h5-7H,4,8-9H2,1-3H3,(H,16,20)(H,17,19).